The molecule has 0 saturated carbocycles. The van der Waals surface area contributed by atoms with Gasteiger partial charge in [-0.3, -0.25) is 4.57 Å². The van der Waals surface area contributed by atoms with Gasteiger partial charge in [-0.05, 0) is 108 Å². The Morgan fingerprint density at radius 1 is 0.371 bits per heavy atom. The Bertz CT molecular complexity index is 4510. The zero-order valence-electron chi connectivity index (χ0n) is 37.8. The van der Waals surface area contributed by atoms with Crippen LogP contribution in [-0.2, 0) is 0 Å². The van der Waals surface area contributed by atoms with Crippen LogP contribution in [0.5, 0.6) is 0 Å². The standard InChI is InChI=1S/C66H39N3S/c1-2-17-39(18-3-1)63-52-32-30-38-16-4-6-20-43(38)64(52)68-66(67-63)69-55-28-14-12-22-45(55)53-36-41(31-35-56(53)69)42-33-34-50(54-37-40-19-5-7-21-44(40)65-60(54)51-27-13-15-29-57(51)70-65)62-59-48-25-10-8-23-46(48)58(61(42)62)47-24-9-11-26-49(47)59/h1-37,58-59H. The lowest BCUT2D eigenvalue weighted by molar-refractivity contribution is 0.758. The monoisotopic (exact) mass is 905 g/mol. The molecule has 70 heavy (non-hydrogen) atoms. The van der Waals surface area contributed by atoms with Crippen LogP contribution in [-0.4, -0.2) is 14.5 Å². The zero-order valence-corrected chi connectivity index (χ0v) is 38.6. The predicted molar refractivity (Wildman–Crippen MR) is 293 cm³/mol. The van der Waals surface area contributed by atoms with Gasteiger partial charge < -0.3 is 0 Å². The summed E-state index contributed by atoms with van der Waals surface area (Å²) in [4.78, 5) is 11.0. The highest BCUT2D eigenvalue weighted by Crippen LogP contribution is 2.61. The fraction of sp³-hybridized carbons (Fsp3) is 0.0303. The van der Waals surface area contributed by atoms with Gasteiger partial charge in [0.05, 0.1) is 22.2 Å². The molecule has 0 atom stereocenters. The average molecular weight is 906 g/mol. The normalized spacial score (nSPS) is 14.9. The van der Waals surface area contributed by atoms with Gasteiger partial charge in [0.2, 0.25) is 5.95 Å². The molecule has 3 aromatic heterocycles. The number of aromatic nitrogens is 3. The Labute approximate surface area is 407 Å². The summed E-state index contributed by atoms with van der Waals surface area (Å²) in [7, 11) is 0. The Balaban J connectivity index is 0.975. The molecule has 11 aromatic carbocycles. The molecule has 4 heteroatoms. The summed E-state index contributed by atoms with van der Waals surface area (Å²) in [6.45, 7) is 0. The first-order chi connectivity index (χ1) is 34.7. The maximum Gasteiger partial charge on any atom is 0.235 e. The smallest absolute Gasteiger partial charge is 0.235 e. The van der Waals surface area contributed by atoms with Gasteiger partial charge >= 0.3 is 0 Å². The van der Waals surface area contributed by atoms with Gasteiger partial charge in [-0.15, -0.1) is 11.3 Å². The molecule has 3 heterocycles. The van der Waals surface area contributed by atoms with Crippen LogP contribution in [0.15, 0.2) is 224 Å². The highest BCUT2D eigenvalue weighted by molar-refractivity contribution is 7.26. The fourth-order valence-electron chi connectivity index (χ4n) is 12.7. The molecule has 17 rings (SSSR count). The summed E-state index contributed by atoms with van der Waals surface area (Å²) in [6.07, 6.45) is 0. The molecular formula is C66H39N3S. The molecule has 0 spiro atoms. The van der Waals surface area contributed by atoms with Crippen molar-refractivity contribution in [3.8, 4) is 39.5 Å². The second-order valence-electron chi connectivity index (χ2n) is 19.1. The van der Waals surface area contributed by atoms with Crippen LogP contribution in [0, 0.1) is 0 Å². The Morgan fingerprint density at radius 2 is 0.971 bits per heavy atom. The van der Waals surface area contributed by atoms with Crippen molar-refractivity contribution < 1.29 is 0 Å². The van der Waals surface area contributed by atoms with E-state index < -0.39 is 0 Å². The van der Waals surface area contributed by atoms with E-state index in [1.807, 2.05) is 11.3 Å². The summed E-state index contributed by atoms with van der Waals surface area (Å²) in [5, 5.41) is 10.9. The molecule has 0 amide bonds. The molecular weight excluding hydrogens is 867 g/mol. The number of para-hydroxylation sites is 1. The topological polar surface area (TPSA) is 30.7 Å². The third-order valence-corrected chi connectivity index (χ3v) is 16.8. The molecule has 3 aliphatic rings. The van der Waals surface area contributed by atoms with Crippen molar-refractivity contribution >= 4 is 85.8 Å². The summed E-state index contributed by atoms with van der Waals surface area (Å²) >= 11 is 1.92. The van der Waals surface area contributed by atoms with E-state index in [0.717, 1.165) is 44.0 Å². The van der Waals surface area contributed by atoms with E-state index >= 15 is 0 Å². The van der Waals surface area contributed by atoms with Gasteiger partial charge in [-0.25, -0.2) is 9.97 Å². The van der Waals surface area contributed by atoms with Crippen LogP contribution >= 0.6 is 11.3 Å². The Kier molecular flexibility index (Phi) is 7.88. The minimum Gasteiger partial charge on any atom is -0.278 e. The van der Waals surface area contributed by atoms with E-state index in [1.165, 1.54) is 97.4 Å². The van der Waals surface area contributed by atoms with Crippen molar-refractivity contribution in [2.75, 3.05) is 0 Å². The molecule has 0 fully saturated rings. The van der Waals surface area contributed by atoms with Crippen LogP contribution in [0.4, 0.5) is 0 Å². The fourth-order valence-corrected chi connectivity index (χ4v) is 13.9. The number of benzene rings is 11. The summed E-state index contributed by atoms with van der Waals surface area (Å²) < 4.78 is 4.96. The second-order valence-corrected chi connectivity index (χ2v) is 20.1. The minimum atomic E-state index is 0.0757. The average Bonchev–Trinajstić information content (AvgIpc) is 3.99. The third kappa shape index (κ3) is 5.23. The van der Waals surface area contributed by atoms with Crippen molar-refractivity contribution in [1.82, 2.24) is 14.5 Å². The van der Waals surface area contributed by atoms with Gasteiger partial charge in [-0.2, -0.15) is 0 Å². The van der Waals surface area contributed by atoms with Gasteiger partial charge in [0.1, 0.15) is 0 Å². The Hall–Kier alpha value is -8.70. The van der Waals surface area contributed by atoms with E-state index in [4.69, 9.17) is 9.97 Å². The Morgan fingerprint density at radius 3 is 1.74 bits per heavy atom. The molecule has 14 aromatic rings. The number of hydrogen-bond acceptors (Lipinski definition) is 3. The summed E-state index contributed by atoms with van der Waals surface area (Å²) in [6, 6.07) is 83.2. The number of hydrogen-bond donors (Lipinski definition) is 0. The van der Waals surface area contributed by atoms with E-state index in [2.05, 4.69) is 229 Å². The van der Waals surface area contributed by atoms with E-state index in [1.54, 1.807) is 0 Å². The van der Waals surface area contributed by atoms with Crippen LogP contribution in [0.2, 0.25) is 0 Å². The molecule has 3 nitrogen and oxygen atoms in total. The number of fused-ring (bicyclic) bond motifs is 11. The maximum atomic E-state index is 5.49. The summed E-state index contributed by atoms with van der Waals surface area (Å²) in [5.41, 5.74) is 18.7. The summed E-state index contributed by atoms with van der Waals surface area (Å²) in [5.74, 6) is 0.822. The molecule has 0 saturated heterocycles. The molecule has 0 N–H and O–H groups in total. The quantitative estimate of drug-likeness (QED) is 0.165. The third-order valence-electron chi connectivity index (χ3n) is 15.6. The van der Waals surface area contributed by atoms with Gasteiger partial charge in [0.25, 0.3) is 0 Å². The number of thiophene rings is 1. The van der Waals surface area contributed by atoms with Crippen LogP contribution in [0.1, 0.15) is 45.2 Å². The van der Waals surface area contributed by atoms with E-state index in [9.17, 15) is 0 Å². The van der Waals surface area contributed by atoms with Gasteiger partial charge in [0, 0.05) is 59.1 Å². The molecule has 324 valence electrons. The van der Waals surface area contributed by atoms with Crippen LogP contribution in [0.25, 0.3) is 114 Å². The maximum absolute atomic E-state index is 5.49. The van der Waals surface area contributed by atoms with Crippen molar-refractivity contribution in [3.05, 3.63) is 258 Å². The van der Waals surface area contributed by atoms with Gasteiger partial charge in [-0.1, -0.05) is 188 Å². The highest BCUT2D eigenvalue weighted by atomic mass is 32.1. The molecule has 0 unspecified atom stereocenters. The van der Waals surface area contributed by atoms with Crippen molar-refractivity contribution in [2.45, 2.75) is 11.8 Å². The van der Waals surface area contributed by atoms with Crippen molar-refractivity contribution in [2.24, 2.45) is 0 Å². The lowest BCUT2D eigenvalue weighted by Crippen LogP contribution is -2.28. The molecule has 3 aliphatic carbocycles. The number of rotatable bonds is 4. The predicted octanol–water partition coefficient (Wildman–Crippen LogP) is 17.4. The molecule has 0 radical (unpaired) electrons. The first-order valence-corrected chi connectivity index (χ1v) is 25.0. The second kappa shape index (κ2) is 14.4. The zero-order chi connectivity index (χ0) is 45.6. The van der Waals surface area contributed by atoms with Crippen LogP contribution < -0.4 is 0 Å². The SMILES string of the molecule is c1ccc(-c2nc(-n3c4ccccc4c4cc(-c5ccc(-c6cc7ccccc7c7sc8ccccc8c67)c6c5C5c7ccccc7C6c6ccccc65)ccc43)nc3c2ccc2ccccc23)cc1. The van der Waals surface area contributed by atoms with Crippen molar-refractivity contribution in [3.63, 3.8) is 0 Å². The van der Waals surface area contributed by atoms with Crippen LogP contribution in [0.3, 0.4) is 0 Å². The van der Waals surface area contributed by atoms with Gasteiger partial charge in [0.15, 0.2) is 0 Å². The first-order valence-electron chi connectivity index (χ1n) is 24.2. The van der Waals surface area contributed by atoms with Crippen molar-refractivity contribution in [1.29, 1.82) is 0 Å². The minimum absolute atomic E-state index is 0.0757. The van der Waals surface area contributed by atoms with E-state index in [0.29, 0.717) is 5.95 Å². The lowest BCUT2D eigenvalue weighted by atomic mass is 9.58. The number of nitrogens with zero attached hydrogens (tertiary/aromatic N) is 3. The molecule has 2 bridgehead atoms. The first kappa shape index (κ1) is 38.3. The lowest BCUT2D eigenvalue weighted by Gasteiger charge is -2.44. The highest BCUT2D eigenvalue weighted by Gasteiger charge is 2.44. The largest absolute Gasteiger partial charge is 0.278 e. The molecule has 0 aliphatic heterocycles. The van der Waals surface area contributed by atoms with E-state index in [-0.39, 0.29) is 11.8 Å².